The van der Waals surface area contributed by atoms with Crippen molar-refractivity contribution < 1.29 is 18.5 Å². The van der Waals surface area contributed by atoms with Crippen LogP contribution < -0.4 is 0 Å². The largest absolute Gasteiger partial charge is 0.453 e. The van der Waals surface area contributed by atoms with Crippen LogP contribution in [0.5, 0.6) is 0 Å². The standard InChI is InChI=1S/C11H6FNO4/c12-9-5-7(1-3-10(9)13(15)16)11-4-2-8(6-14)17-11/h1-6H. The maximum Gasteiger partial charge on any atom is 0.304 e. The molecular formula is C11H6FNO4. The Morgan fingerprint density at radius 2 is 2.06 bits per heavy atom. The number of furan rings is 1. The van der Waals surface area contributed by atoms with Crippen LogP contribution in [0, 0.1) is 15.9 Å². The van der Waals surface area contributed by atoms with Crippen LogP contribution in [0.3, 0.4) is 0 Å². The third kappa shape index (κ3) is 2.05. The molecule has 0 spiro atoms. The fraction of sp³-hybridized carbons (Fsp3) is 0. The summed E-state index contributed by atoms with van der Waals surface area (Å²) in [5.41, 5.74) is -0.267. The zero-order chi connectivity index (χ0) is 12.4. The zero-order valence-electron chi connectivity index (χ0n) is 8.42. The molecule has 0 radical (unpaired) electrons. The fourth-order valence-corrected chi connectivity index (χ4v) is 1.38. The van der Waals surface area contributed by atoms with Crippen LogP contribution in [-0.2, 0) is 0 Å². The Bertz CT molecular complexity index is 591. The number of aldehydes is 1. The Morgan fingerprint density at radius 1 is 1.29 bits per heavy atom. The molecule has 0 aliphatic rings. The summed E-state index contributed by atoms with van der Waals surface area (Å²) in [5.74, 6) is -0.559. The van der Waals surface area contributed by atoms with Gasteiger partial charge in [-0.2, -0.15) is 4.39 Å². The van der Waals surface area contributed by atoms with Crippen molar-refractivity contribution >= 4 is 12.0 Å². The minimum atomic E-state index is -0.948. The molecule has 2 aromatic rings. The molecule has 0 aliphatic heterocycles. The zero-order valence-corrected chi connectivity index (χ0v) is 8.42. The van der Waals surface area contributed by atoms with E-state index in [-0.39, 0.29) is 11.5 Å². The number of carbonyl (C=O) groups is 1. The number of carbonyl (C=O) groups excluding carboxylic acids is 1. The van der Waals surface area contributed by atoms with E-state index in [0.717, 1.165) is 12.1 Å². The predicted molar refractivity (Wildman–Crippen MR) is 56.1 cm³/mol. The van der Waals surface area contributed by atoms with Crippen LogP contribution in [0.2, 0.25) is 0 Å². The lowest BCUT2D eigenvalue weighted by Crippen LogP contribution is -1.92. The lowest BCUT2D eigenvalue weighted by atomic mass is 10.1. The number of benzene rings is 1. The maximum atomic E-state index is 13.3. The molecule has 0 aliphatic carbocycles. The van der Waals surface area contributed by atoms with E-state index < -0.39 is 16.4 Å². The van der Waals surface area contributed by atoms with Gasteiger partial charge < -0.3 is 4.42 Å². The molecular weight excluding hydrogens is 229 g/mol. The smallest absolute Gasteiger partial charge is 0.304 e. The summed E-state index contributed by atoms with van der Waals surface area (Å²) < 4.78 is 18.4. The molecule has 2 rings (SSSR count). The van der Waals surface area contributed by atoms with Gasteiger partial charge in [-0.25, -0.2) is 0 Å². The van der Waals surface area contributed by atoms with Gasteiger partial charge >= 0.3 is 5.69 Å². The van der Waals surface area contributed by atoms with Gasteiger partial charge in [-0.05, 0) is 24.3 Å². The highest BCUT2D eigenvalue weighted by Gasteiger charge is 2.15. The van der Waals surface area contributed by atoms with Gasteiger partial charge in [0.1, 0.15) is 5.76 Å². The van der Waals surface area contributed by atoms with E-state index in [1.54, 1.807) is 0 Å². The minimum absolute atomic E-state index is 0.110. The number of nitro groups is 1. The summed E-state index contributed by atoms with van der Waals surface area (Å²) >= 11 is 0. The van der Waals surface area contributed by atoms with Gasteiger partial charge in [0.15, 0.2) is 12.0 Å². The third-order valence-electron chi connectivity index (χ3n) is 2.17. The first kappa shape index (κ1) is 11.0. The van der Waals surface area contributed by atoms with Crippen molar-refractivity contribution in [3.05, 3.63) is 52.0 Å². The number of hydrogen-bond acceptors (Lipinski definition) is 4. The quantitative estimate of drug-likeness (QED) is 0.465. The van der Waals surface area contributed by atoms with Crippen molar-refractivity contribution in [2.24, 2.45) is 0 Å². The van der Waals surface area contributed by atoms with Gasteiger partial charge in [-0.3, -0.25) is 14.9 Å². The van der Waals surface area contributed by atoms with Crippen LogP contribution in [0.15, 0.2) is 34.7 Å². The second-order valence-electron chi connectivity index (χ2n) is 3.24. The average Bonchev–Trinajstić information content (AvgIpc) is 2.76. The summed E-state index contributed by atoms with van der Waals surface area (Å²) in [7, 11) is 0. The molecule has 86 valence electrons. The van der Waals surface area contributed by atoms with Crippen molar-refractivity contribution in [3.63, 3.8) is 0 Å². The predicted octanol–water partition coefficient (Wildman–Crippen LogP) is 2.81. The highest BCUT2D eigenvalue weighted by molar-refractivity contribution is 5.73. The molecule has 0 atom stereocenters. The average molecular weight is 235 g/mol. The molecule has 0 N–H and O–H groups in total. The van der Waals surface area contributed by atoms with E-state index in [4.69, 9.17) is 4.42 Å². The Kier molecular flexibility index (Phi) is 2.70. The molecule has 1 aromatic carbocycles. The lowest BCUT2D eigenvalue weighted by molar-refractivity contribution is -0.387. The van der Waals surface area contributed by atoms with E-state index in [9.17, 15) is 19.3 Å². The second-order valence-corrected chi connectivity index (χ2v) is 3.24. The fourth-order valence-electron chi connectivity index (χ4n) is 1.38. The summed E-state index contributed by atoms with van der Waals surface area (Å²) in [5, 5.41) is 10.4. The Hall–Kier alpha value is -2.50. The highest BCUT2D eigenvalue weighted by atomic mass is 19.1. The molecule has 6 heteroatoms. The van der Waals surface area contributed by atoms with Crippen LogP contribution in [0.25, 0.3) is 11.3 Å². The van der Waals surface area contributed by atoms with Crippen LogP contribution in [0.4, 0.5) is 10.1 Å². The topological polar surface area (TPSA) is 73.3 Å². The van der Waals surface area contributed by atoms with Crippen LogP contribution >= 0.6 is 0 Å². The lowest BCUT2D eigenvalue weighted by Gasteiger charge is -1.98. The van der Waals surface area contributed by atoms with Gasteiger partial charge in [0.2, 0.25) is 5.82 Å². The summed E-state index contributed by atoms with van der Waals surface area (Å²) in [6.07, 6.45) is 0.519. The first-order valence-electron chi connectivity index (χ1n) is 4.61. The van der Waals surface area contributed by atoms with E-state index in [0.29, 0.717) is 11.8 Å². The van der Waals surface area contributed by atoms with Gasteiger partial charge in [0, 0.05) is 11.6 Å². The van der Waals surface area contributed by atoms with Crippen molar-refractivity contribution in [2.75, 3.05) is 0 Å². The Balaban J connectivity index is 2.43. The Labute approximate surface area is 94.6 Å². The van der Waals surface area contributed by atoms with Crippen molar-refractivity contribution in [1.29, 1.82) is 0 Å². The van der Waals surface area contributed by atoms with Crippen LogP contribution in [0.1, 0.15) is 10.6 Å². The van der Waals surface area contributed by atoms with Gasteiger partial charge in [-0.1, -0.05) is 0 Å². The molecule has 17 heavy (non-hydrogen) atoms. The second kappa shape index (κ2) is 4.17. The SMILES string of the molecule is O=Cc1ccc(-c2ccc([N+](=O)[O-])c(F)c2)o1. The molecule has 0 unspecified atom stereocenters. The number of nitro benzene ring substituents is 1. The monoisotopic (exact) mass is 235 g/mol. The van der Waals surface area contributed by atoms with E-state index in [1.165, 1.54) is 18.2 Å². The molecule has 0 saturated carbocycles. The van der Waals surface area contributed by atoms with Crippen molar-refractivity contribution in [2.45, 2.75) is 0 Å². The summed E-state index contributed by atoms with van der Waals surface area (Å²) in [6.45, 7) is 0. The summed E-state index contributed by atoms with van der Waals surface area (Å²) in [4.78, 5) is 20.0. The molecule has 1 heterocycles. The van der Waals surface area contributed by atoms with E-state index in [1.807, 2.05) is 0 Å². The molecule has 0 bridgehead atoms. The van der Waals surface area contributed by atoms with Gasteiger partial charge in [-0.15, -0.1) is 0 Å². The van der Waals surface area contributed by atoms with E-state index >= 15 is 0 Å². The van der Waals surface area contributed by atoms with Crippen LogP contribution in [-0.4, -0.2) is 11.2 Å². The number of nitrogens with zero attached hydrogens (tertiary/aromatic N) is 1. The number of hydrogen-bond donors (Lipinski definition) is 0. The molecule has 0 saturated heterocycles. The Morgan fingerprint density at radius 3 is 2.59 bits per heavy atom. The first-order valence-corrected chi connectivity index (χ1v) is 4.61. The minimum Gasteiger partial charge on any atom is -0.453 e. The number of halogens is 1. The van der Waals surface area contributed by atoms with Gasteiger partial charge in [0.05, 0.1) is 4.92 Å². The number of rotatable bonds is 3. The molecule has 1 aromatic heterocycles. The summed E-state index contributed by atoms with van der Waals surface area (Å²) in [6, 6.07) is 6.32. The highest BCUT2D eigenvalue weighted by Crippen LogP contribution is 2.26. The third-order valence-corrected chi connectivity index (χ3v) is 2.17. The van der Waals surface area contributed by atoms with Gasteiger partial charge in [0.25, 0.3) is 0 Å². The van der Waals surface area contributed by atoms with Crippen molar-refractivity contribution in [3.8, 4) is 11.3 Å². The molecule has 5 nitrogen and oxygen atoms in total. The molecule has 0 amide bonds. The molecule has 0 fully saturated rings. The van der Waals surface area contributed by atoms with E-state index in [2.05, 4.69) is 0 Å². The first-order chi connectivity index (χ1) is 8.11. The normalized spacial score (nSPS) is 10.2. The maximum absolute atomic E-state index is 13.3. The van der Waals surface area contributed by atoms with Crippen molar-refractivity contribution in [1.82, 2.24) is 0 Å².